The topological polar surface area (TPSA) is 132 Å². The first kappa shape index (κ1) is 23.8. The zero-order valence-electron chi connectivity index (χ0n) is 17.7. The van der Waals surface area contributed by atoms with Gasteiger partial charge in [-0.1, -0.05) is 41.4 Å². The Labute approximate surface area is 205 Å². The summed E-state index contributed by atoms with van der Waals surface area (Å²) in [5.74, 6) is -0.933. The molecule has 1 aliphatic rings. The van der Waals surface area contributed by atoms with Gasteiger partial charge in [0.2, 0.25) is 11.9 Å². The molecule has 1 amide bonds. The first-order valence-corrected chi connectivity index (χ1v) is 11.1. The van der Waals surface area contributed by atoms with E-state index in [0.717, 1.165) is 0 Å². The van der Waals surface area contributed by atoms with Crippen LogP contribution in [0.5, 0.6) is 0 Å². The van der Waals surface area contributed by atoms with Crippen molar-refractivity contribution in [3.05, 3.63) is 92.8 Å². The quantitative estimate of drug-likeness (QED) is 0.441. The lowest BCUT2D eigenvalue weighted by Gasteiger charge is -2.46. The number of nitrogens with one attached hydrogen (secondary N) is 2. The Bertz CT molecular complexity index is 1220. The predicted molar refractivity (Wildman–Crippen MR) is 136 cm³/mol. The number of para-hydroxylation sites is 2. The van der Waals surface area contributed by atoms with Crippen molar-refractivity contribution in [1.29, 1.82) is 0 Å². The Morgan fingerprint density at radius 3 is 2.41 bits per heavy atom. The van der Waals surface area contributed by atoms with E-state index in [1.165, 1.54) is 12.1 Å². The number of hydroxylamine groups is 1. The van der Waals surface area contributed by atoms with E-state index < -0.39 is 5.92 Å². The highest BCUT2D eigenvalue weighted by atomic mass is 35.5. The van der Waals surface area contributed by atoms with Crippen molar-refractivity contribution < 1.29 is 4.79 Å². The number of nitrogens with two attached hydrogens (primary N) is 1. The highest BCUT2D eigenvalue weighted by Gasteiger charge is 2.21. The van der Waals surface area contributed by atoms with Crippen molar-refractivity contribution in [2.75, 3.05) is 22.1 Å². The first-order valence-electron chi connectivity index (χ1n) is 10.3. The van der Waals surface area contributed by atoms with Gasteiger partial charge < -0.3 is 31.7 Å². The van der Waals surface area contributed by atoms with Gasteiger partial charge in [-0.05, 0) is 67.1 Å². The first-order chi connectivity index (χ1) is 16.4. The van der Waals surface area contributed by atoms with Gasteiger partial charge in [0.15, 0.2) is 0 Å². The highest BCUT2D eigenvalue weighted by Crippen LogP contribution is 2.32. The molecule has 1 heterocycles. The number of nitrogens with zero attached hydrogens (tertiary/aromatic N) is 3. The van der Waals surface area contributed by atoms with Crippen molar-refractivity contribution in [2.45, 2.75) is 12.3 Å². The lowest BCUT2D eigenvalue weighted by molar-refractivity contribution is -0.117. The third-order valence-corrected chi connectivity index (χ3v) is 5.94. The minimum absolute atomic E-state index is 0.173. The molecule has 9 nitrogen and oxygen atoms in total. The number of hydrazine groups is 1. The molecule has 0 saturated carbocycles. The maximum atomic E-state index is 12.9. The molecule has 3 aromatic rings. The lowest BCUT2D eigenvalue weighted by atomic mass is 9.94. The number of rotatable bonds is 6. The van der Waals surface area contributed by atoms with Crippen LogP contribution in [0, 0.1) is 10.4 Å². The van der Waals surface area contributed by atoms with Crippen molar-refractivity contribution in [3.8, 4) is 0 Å². The number of aliphatic imine (C=N–C) groups is 1. The SMILES string of the molecule is NCCC(C(=O)Nc1ccc(N=C2NN([O-])c3ccccc3N2[O-])cc1)c1ccc(Cl)c(Cl)c1. The molecule has 4 N–H and O–H groups in total. The van der Waals surface area contributed by atoms with Gasteiger partial charge in [-0.3, -0.25) is 10.2 Å². The molecule has 11 heteroatoms. The van der Waals surface area contributed by atoms with Crippen LogP contribution in [0.25, 0.3) is 0 Å². The molecule has 4 rings (SSSR count). The van der Waals surface area contributed by atoms with Crippen molar-refractivity contribution in [3.63, 3.8) is 0 Å². The summed E-state index contributed by atoms with van der Waals surface area (Å²) < 4.78 is 0. The smallest absolute Gasteiger partial charge is 0.231 e. The van der Waals surface area contributed by atoms with Crippen LogP contribution >= 0.6 is 23.2 Å². The molecule has 176 valence electrons. The third-order valence-electron chi connectivity index (χ3n) is 5.20. The fourth-order valence-electron chi connectivity index (χ4n) is 3.50. The average molecular weight is 499 g/mol. The van der Waals surface area contributed by atoms with E-state index in [0.29, 0.717) is 50.2 Å². The summed E-state index contributed by atoms with van der Waals surface area (Å²) in [4.78, 5) is 17.1. The Kier molecular flexibility index (Phi) is 7.20. The summed E-state index contributed by atoms with van der Waals surface area (Å²) >= 11 is 12.1. The Morgan fingerprint density at radius 1 is 1.03 bits per heavy atom. The molecule has 1 unspecified atom stereocenters. The molecule has 0 aliphatic carbocycles. The summed E-state index contributed by atoms with van der Waals surface area (Å²) in [7, 11) is 0. The van der Waals surface area contributed by atoms with E-state index in [2.05, 4.69) is 15.7 Å². The second kappa shape index (κ2) is 10.3. The fraction of sp³-hybridized carbons (Fsp3) is 0.130. The largest absolute Gasteiger partial charge is 0.752 e. The van der Waals surface area contributed by atoms with E-state index in [1.54, 1.807) is 54.6 Å². The molecule has 0 radical (unpaired) electrons. The number of carbonyl (C=O) groups excluding carboxylic acids is 1. The van der Waals surface area contributed by atoms with Gasteiger partial charge in [0.25, 0.3) is 0 Å². The van der Waals surface area contributed by atoms with Gasteiger partial charge in [0.05, 0.1) is 33.0 Å². The average Bonchev–Trinajstić information content (AvgIpc) is 2.84. The van der Waals surface area contributed by atoms with E-state index in [4.69, 9.17) is 28.9 Å². The van der Waals surface area contributed by atoms with Crippen LogP contribution in [-0.2, 0) is 4.79 Å². The zero-order valence-corrected chi connectivity index (χ0v) is 19.3. The Hall–Kier alpha value is -3.34. The van der Waals surface area contributed by atoms with Gasteiger partial charge in [-0.2, -0.15) is 0 Å². The van der Waals surface area contributed by atoms with Crippen LogP contribution in [0.4, 0.5) is 22.7 Å². The van der Waals surface area contributed by atoms with Crippen LogP contribution in [0.1, 0.15) is 17.9 Å². The van der Waals surface area contributed by atoms with Crippen molar-refractivity contribution in [1.82, 2.24) is 5.43 Å². The summed E-state index contributed by atoms with van der Waals surface area (Å²) in [6.07, 6.45) is 0.424. The molecule has 0 saturated heterocycles. The normalized spacial score (nSPS) is 15.0. The second-order valence-corrected chi connectivity index (χ2v) is 8.28. The maximum Gasteiger partial charge on any atom is 0.231 e. The van der Waals surface area contributed by atoms with Crippen LogP contribution in [0.3, 0.4) is 0 Å². The number of halogens is 2. The van der Waals surface area contributed by atoms with Gasteiger partial charge in [0, 0.05) is 5.69 Å². The van der Waals surface area contributed by atoms with Crippen LogP contribution in [0.15, 0.2) is 71.7 Å². The lowest BCUT2D eigenvalue weighted by Crippen LogP contribution is -2.50. The van der Waals surface area contributed by atoms with E-state index in [1.807, 2.05) is 0 Å². The Morgan fingerprint density at radius 2 is 1.74 bits per heavy atom. The number of hydrogen-bond donors (Lipinski definition) is 3. The van der Waals surface area contributed by atoms with Gasteiger partial charge in [-0.15, -0.1) is 0 Å². The van der Waals surface area contributed by atoms with Gasteiger partial charge in [-0.25, -0.2) is 4.99 Å². The number of fused-ring (bicyclic) bond motifs is 1. The minimum Gasteiger partial charge on any atom is -0.752 e. The molecule has 3 aromatic carbocycles. The van der Waals surface area contributed by atoms with E-state index in [9.17, 15) is 15.2 Å². The fourth-order valence-corrected chi connectivity index (χ4v) is 3.81. The van der Waals surface area contributed by atoms with Crippen molar-refractivity contribution >= 4 is 57.8 Å². The standard InChI is InChI=1S/C23H20Cl2N6O3/c24-18-10-5-14(13-19(18)25)17(11-12-26)22(32)27-15-6-8-16(9-7-15)28-23-29-31(34)21-4-2-1-3-20(21)30(23)33/h1-10,13,17H,11-12,26H2,(H,27,32)(H,28,29)/q-2. The molecule has 0 spiro atoms. The van der Waals surface area contributed by atoms with Gasteiger partial charge in [0.1, 0.15) is 0 Å². The zero-order chi connectivity index (χ0) is 24.2. The summed E-state index contributed by atoms with van der Waals surface area (Å²) in [5.41, 5.74) is 10.2. The summed E-state index contributed by atoms with van der Waals surface area (Å²) in [5, 5.41) is 29.4. The third kappa shape index (κ3) is 5.09. The monoisotopic (exact) mass is 498 g/mol. The molecule has 0 bridgehead atoms. The van der Waals surface area contributed by atoms with Crippen LogP contribution < -0.4 is 26.7 Å². The minimum atomic E-state index is -0.511. The number of hydrogen-bond acceptors (Lipinski definition) is 6. The predicted octanol–water partition coefficient (Wildman–Crippen LogP) is 4.88. The molecule has 34 heavy (non-hydrogen) atoms. The maximum absolute atomic E-state index is 12.9. The van der Waals surface area contributed by atoms with Crippen LogP contribution in [0.2, 0.25) is 10.0 Å². The molecule has 1 atom stereocenters. The van der Waals surface area contributed by atoms with E-state index >= 15 is 0 Å². The number of amides is 1. The molecular weight excluding hydrogens is 479 g/mol. The number of benzene rings is 3. The summed E-state index contributed by atoms with van der Waals surface area (Å²) in [6.45, 7) is 0.313. The highest BCUT2D eigenvalue weighted by molar-refractivity contribution is 6.42. The number of guanidine groups is 1. The molecule has 1 aliphatic heterocycles. The number of anilines is 3. The van der Waals surface area contributed by atoms with Crippen molar-refractivity contribution in [2.24, 2.45) is 10.7 Å². The Balaban J connectivity index is 1.49. The van der Waals surface area contributed by atoms with E-state index in [-0.39, 0.29) is 23.2 Å². The second-order valence-electron chi connectivity index (χ2n) is 7.46. The number of carbonyl (C=O) groups is 1. The van der Waals surface area contributed by atoms with Crippen LogP contribution in [-0.4, -0.2) is 18.4 Å². The molecule has 0 fully saturated rings. The summed E-state index contributed by atoms with van der Waals surface area (Å²) in [6, 6.07) is 18.0. The molecule has 0 aromatic heterocycles. The molecular formula is C23H20Cl2N6O3-2. The van der Waals surface area contributed by atoms with Gasteiger partial charge >= 0.3 is 0 Å².